The monoisotopic (exact) mass is 356 g/mol. The largest absolute Gasteiger partial charge is 0.381 e. The predicted molar refractivity (Wildman–Crippen MR) is 94.2 cm³/mol. The van der Waals surface area contributed by atoms with Crippen molar-refractivity contribution in [2.75, 3.05) is 37.7 Å². The predicted octanol–water partition coefficient (Wildman–Crippen LogP) is 1.97. The zero-order valence-corrected chi connectivity index (χ0v) is 14.5. The van der Waals surface area contributed by atoms with Gasteiger partial charge in [-0.2, -0.15) is 0 Å². The molecule has 0 saturated carbocycles. The highest BCUT2D eigenvalue weighted by molar-refractivity contribution is 5.82. The van der Waals surface area contributed by atoms with Gasteiger partial charge in [0.1, 0.15) is 18.0 Å². The van der Waals surface area contributed by atoms with E-state index >= 15 is 0 Å². The van der Waals surface area contributed by atoms with Crippen LogP contribution in [0.4, 0.5) is 10.2 Å². The van der Waals surface area contributed by atoms with Gasteiger partial charge in [-0.3, -0.25) is 4.79 Å². The van der Waals surface area contributed by atoms with Gasteiger partial charge >= 0.3 is 0 Å². The third-order valence-electron chi connectivity index (χ3n) is 4.98. The minimum Gasteiger partial charge on any atom is -0.381 e. The molecule has 2 aliphatic rings. The molecule has 1 aromatic heterocycles. The molecule has 4 rings (SSSR count). The first-order valence-electron chi connectivity index (χ1n) is 8.86. The first kappa shape index (κ1) is 16.9. The molecule has 0 unspecified atom stereocenters. The van der Waals surface area contributed by atoms with Crippen LogP contribution >= 0.6 is 0 Å². The average Bonchev–Trinajstić information content (AvgIpc) is 3.20. The van der Waals surface area contributed by atoms with E-state index in [-0.39, 0.29) is 18.3 Å². The highest BCUT2D eigenvalue weighted by Crippen LogP contribution is 2.26. The van der Waals surface area contributed by atoms with Gasteiger partial charge in [-0.05, 0) is 12.5 Å². The number of benzene rings is 1. The van der Waals surface area contributed by atoms with Gasteiger partial charge in [0.15, 0.2) is 0 Å². The maximum absolute atomic E-state index is 13.8. The van der Waals surface area contributed by atoms with E-state index in [1.807, 2.05) is 11.0 Å². The van der Waals surface area contributed by atoms with Crippen LogP contribution in [0.3, 0.4) is 0 Å². The van der Waals surface area contributed by atoms with Crippen LogP contribution in [0.15, 0.2) is 36.7 Å². The highest BCUT2D eigenvalue weighted by Gasteiger charge is 2.27. The molecule has 136 valence electrons. The van der Waals surface area contributed by atoms with E-state index in [0.29, 0.717) is 37.7 Å². The first-order valence-corrected chi connectivity index (χ1v) is 8.86. The summed E-state index contributed by atoms with van der Waals surface area (Å²) in [6.07, 6.45) is 2.52. The fourth-order valence-electron chi connectivity index (χ4n) is 3.43. The van der Waals surface area contributed by atoms with Gasteiger partial charge in [-0.25, -0.2) is 14.4 Å². The lowest BCUT2D eigenvalue weighted by molar-refractivity contribution is -0.131. The number of hydrogen-bond acceptors (Lipinski definition) is 5. The molecule has 6 nitrogen and oxygen atoms in total. The van der Waals surface area contributed by atoms with Crippen molar-refractivity contribution in [1.29, 1.82) is 0 Å². The van der Waals surface area contributed by atoms with Crippen LogP contribution in [0, 0.1) is 5.82 Å². The molecule has 0 N–H and O–H groups in total. The first-order chi connectivity index (χ1) is 12.7. The molecule has 0 radical (unpaired) electrons. The summed E-state index contributed by atoms with van der Waals surface area (Å²) in [5.74, 6) is 0.765. The molecule has 1 atom stereocenters. The fourth-order valence-corrected chi connectivity index (χ4v) is 3.43. The van der Waals surface area contributed by atoms with Gasteiger partial charge in [0, 0.05) is 43.8 Å². The third-order valence-corrected chi connectivity index (χ3v) is 4.98. The molecule has 1 amide bonds. The summed E-state index contributed by atoms with van der Waals surface area (Å²) in [7, 11) is 0. The lowest BCUT2D eigenvalue weighted by atomic mass is 10.0. The van der Waals surface area contributed by atoms with Crippen LogP contribution in [0.5, 0.6) is 0 Å². The molecule has 2 saturated heterocycles. The summed E-state index contributed by atoms with van der Waals surface area (Å²) in [4.78, 5) is 24.9. The summed E-state index contributed by atoms with van der Waals surface area (Å²) < 4.78 is 19.3. The summed E-state index contributed by atoms with van der Waals surface area (Å²) in [5, 5.41) is 0. The van der Waals surface area contributed by atoms with E-state index in [4.69, 9.17) is 4.74 Å². The van der Waals surface area contributed by atoms with Crippen LogP contribution in [-0.2, 0) is 16.1 Å². The number of anilines is 1. The van der Waals surface area contributed by atoms with Gasteiger partial charge in [-0.15, -0.1) is 0 Å². The number of nitrogens with zero attached hydrogens (tertiary/aromatic N) is 4. The Bertz CT molecular complexity index is 795. The number of hydrogen-bond donors (Lipinski definition) is 0. The number of halogens is 1. The summed E-state index contributed by atoms with van der Waals surface area (Å²) in [6.45, 7) is 3.19. The Morgan fingerprint density at radius 1 is 1.23 bits per heavy atom. The maximum atomic E-state index is 13.8. The summed E-state index contributed by atoms with van der Waals surface area (Å²) in [5.41, 5.74) is 1.51. The molecule has 2 aromatic rings. The number of amides is 1. The molecule has 0 aliphatic carbocycles. The van der Waals surface area contributed by atoms with Crippen LogP contribution in [0.1, 0.15) is 23.6 Å². The molecule has 26 heavy (non-hydrogen) atoms. The standard InChI is InChI=1S/C19H21FN4O2/c20-16-4-2-1-3-14(16)10-24-7-6-23(11-19(24)25)18-9-17(21-13-22-18)15-5-8-26-12-15/h1-4,9,13,15H,5-8,10-12H2/t15-/m0/s1. The van der Waals surface area contributed by atoms with E-state index in [1.165, 1.54) is 6.07 Å². The van der Waals surface area contributed by atoms with E-state index < -0.39 is 0 Å². The minimum absolute atomic E-state index is 0.0242. The van der Waals surface area contributed by atoms with Crippen molar-refractivity contribution >= 4 is 11.7 Å². The molecule has 7 heteroatoms. The molecule has 3 heterocycles. The SMILES string of the molecule is O=C1CN(c2cc([C@H]3CCOC3)ncn2)CCN1Cc1ccccc1F. The number of ether oxygens (including phenoxy) is 1. The van der Waals surface area contributed by atoms with Crippen molar-refractivity contribution in [2.24, 2.45) is 0 Å². The molecular weight excluding hydrogens is 335 g/mol. The van der Waals surface area contributed by atoms with Crippen molar-refractivity contribution in [3.05, 3.63) is 53.7 Å². The average molecular weight is 356 g/mol. The Kier molecular flexibility index (Phi) is 4.79. The topological polar surface area (TPSA) is 58.6 Å². The van der Waals surface area contributed by atoms with E-state index in [9.17, 15) is 9.18 Å². The molecule has 0 bridgehead atoms. The fraction of sp³-hybridized carbons (Fsp3) is 0.421. The normalized spacial score (nSPS) is 20.7. The van der Waals surface area contributed by atoms with Crippen LogP contribution in [0.25, 0.3) is 0 Å². The van der Waals surface area contributed by atoms with E-state index in [2.05, 4.69) is 9.97 Å². The molecule has 2 fully saturated rings. The van der Waals surface area contributed by atoms with Gasteiger partial charge in [0.05, 0.1) is 18.8 Å². The van der Waals surface area contributed by atoms with E-state index in [1.54, 1.807) is 29.4 Å². The quantitative estimate of drug-likeness (QED) is 0.838. The van der Waals surface area contributed by atoms with Gasteiger partial charge in [0.25, 0.3) is 0 Å². The lowest BCUT2D eigenvalue weighted by Crippen LogP contribution is -2.50. The van der Waals surface area contributed by atoms with Gasteiger partial charge < -0.3 is 14.5 Å². The van der Waals surface area contributed by atoms with Crippen molar-refractivity contribution in [3.63, 3.8) is 0 Å². The van der Waals surface area contributed by atoms with Crippen molar-refractivity contribution < 1.29 is 13.9 Å². The Balaban J connectivity index is 1.43. The Morgan fingerprint density at radius 2 is 2.12 bits per heavy atom. The van der Waals surface area contributed by atoms with Crippen molar-refractivity contribution in [1.82, 2.24) is 14.9 Å². The minimum atomic E-state index is -0.276. The molecule has 0 spiro atoms. The number of rotatable bonds is 4. The number of carbonyl (C=O) groups excluding carboxylic acids is 1. The van der Waals surface area contributed by atoms with Crippen molar-refractivity contribution in [3.8, 4) is 0 Å². The van der Waals surface area contributed by atoms with Crippen LogP contribution < -0.4 is 4.90 Å². The second-order valence-corrected chi connectivity index (χ2v) is 6.69. The Labute approximate surface area is 151 Å². The second kappa shape index (κ2) is 7.37. The second-order valence-electron chi connectivity index (χ2n) is 6.69. The highest BCUT2D eigenvalue weighted by atomic mass is 19.1. The molecule has 1 aromatic carbocycles. The van der Waals surface area contributed by atoms with Gasteiger partial charge in [0.2, 0.25) is 5.91 Å². The van der Waals surface area contributed by atoms with Crippen LogP contribution in [-0.4, -0.2) is 53.6 Å². The summed E-state index contributed by atoms with van der Waals surface area (Å²) in [6, 6.07) is 8.54. The smallest absolute Gasteiger partial charge is 0.242 e. The maximum Gasteiger partial charge on any atom is 0.242 e. The molecular formula is C19H21FN4O2. The number of piperazine rings is 1. The zero-order chi connectivity index (χ0) is 17.9. The van der Waals surface area contributed by atoms with Crippen molar-refractivity contribution in [2.45, 2.75) is 18.9 Å². The Morgan fingerprint density at radius 3 is 2.88 bits per heavy atom. The Hall–Kier alpha value is -2.54. The lowest BCUT2D eigenvalue weighted by Gasteiger charge is -2.35. The number of carbonyl (C=O) groups is 1. The van der Waals surface area contributed by atoms with Crippen LogP contribution in [0.2, 0.25) is 0 Å². The number of aromatic nitrogens is 2. The third kappa shape index (κ3) is 3.53. The summed E-state index contributed by atoms with van der Waals surface area (Å²) >= 11 is 0. The molecule has 2 aliphatic heterocycles. The van der Waals surface area contributed by atoms with E-state index in [0.717, 1.165) is 24.5 Å². The zero-order valence-electron chi connectivity index (χ0n) is 14.5. The van der Waals surface area contributed by atoms with Gasteiger partial charge in [-0.1, -0.05) is 18.2 Å².